The van der Waals surface area contributed by atoms with Gasteiger partial charge in [0.25, 0.3) is 5.91 Å². The lowest BCUT2D eigenvalue weighted by atomic mass is 10.1. The van der Waals surface area contributed by atoms with E-state index >= 15 is 0 Å². The Kier molecular flexibility index (Phi) is 32.6. The smallest absolute Gasteiger partial charge is 0.329 e. The number of hydrogen-bond donors (Lipinski definition) is 3. The molecule has 0 unspecified atom stereocenters. The summed E-state index contributed by atoms with van der Waals surface area (Å²) in [7, 11) is 0. The first-order chi connectivity index (χ1) is 24.1. The third-order valence-electron chi connectivity index (χ3n) is 6.79. The van der Waals surface area contributed by atoms with Crippen molar-refractivity contribution in [3.63, 3.8) is 0 Å². The molecule has 0 saturated carbocycles. The Bertz CT molecular complexity index is 881. The molecule has 0 radical (unpaired) electrons. The van der Waals surface area contributed by atoms with Gasteiger partial charge in [0.05, 0.1) is 79.3 Å². The van der Waals surface area contributed by atoms with Crippen LogP contribution in [0.15, 0.2) is 24.3 Å². The zero-order valence-electron chi connectivity index (χ0n) is 29.3. The molecule has 2 N–H and O–H groups in total. The van der Waals surface area contributed by atoms with E-state index in [0.29, 0.717) is 97.3 Å². The van der Waals surface area contributed by atoms with Gasteiger partial charge in [-0.3, -0.25) is 4.79 Å². The van der Waals surface area contributed by atoms with Gasteiger partial charge in [0.1, 0.15) is 24.7 Å². The van der Waals surface area contributed by atoms with Gasteiger partial charge in [0.15, 0.2) is 6.61 Å². The summed E-state index contributed by atoms with van der Waals surface area (Å²) in [6, 6.07) is 7.05. The Morgan fingerprint density at radius 2 is 0.898 bits per heavy atom. The highest BCUT2D eigenvalue weighted by atomic mass is 32.1. The minimum Gasteiger partial charge on any atom is -0.491 e. The summed E-state index contributed by atoms with van der Waals surface area (Å²) in [6.07, 6.45) is 11.6. The van der Waals surface area contributed by atoms with E-state index in [9.17, 15) is 9.59 Å². The topological polar surface area (TPSA) is 149 Å². The van der Waals surface area contributed by atoms with E-state index in [4.69, 9.17) is 47.7 Å². The maximum absolute atomic E-state index is 12.0. The van der Waals surface area contributed by atoms with Crippen LogP contribution in [0, 0.1) is 0 Å². The molecular weight excluding hydrogens is 658 g/mol. The summed E-state index contributed by atoms with van der Waals surface area (Å²) in [4.78, 5) is 22.3. The molecule has 0 aliphatic carbocycles. The van der Waals surface area contributed by atoms with Crippen LogP contribution in [0.2, 0.25) is 0 Å². The summed E-state index contributed by atoms with van der Waals surface area (Å²) in [5.74, 6) is 0.998. The molecule has 0 aliphatic heterocycles. The van der Waals surface area contributed by atoms with Crippen LogP contribution in [-0.4, -0.2) is 135 Å². The van der Waals surface area contributed by atoms with Crippen molar-refractivity contribution in [2.24, 2.45) is 0 Å². The zero-order chi connectivity index (χ0) is 35.3. The molecule has 14 heteroatoms. The van der Waals surface area contributed by atoms with Gasteiger partial charge in [-0.05, 0) is 42.9 Å². The van der Waals surface area contributed by atoms with Crippen molar-refractivity contribution in [1.82, 2.24) is 5.32 Å². The lowest BCUT2D eigenvalue weighted by molar-refractivity contribution is -0.142. The van der Waals surface area contributed by atoms with Crippen LogP contribution in [0.3, 0.4) is 0 Å². The molecule has 1 amide bonds. The molecule has 284 valence electrons. The van der Waals surface area contributed by atoms with Crippen LogP contribution in [0.1, 0.15) is 57.8 Å². The van der Waals surface area contributed by atoms with Crippen molar-refractivity contribution in [1.29, 1.82) is 0 Å². The van der Waals surface area contributed by atoms with Crippen LogP contribution in [0.25, 0.3) is 0 Å². The number of thiol groups is 1. The van der Waals surface area contributed by atoms with Gasteiger partial charge >= 0.3 is 5.97 Å². The van der Waals surface area contributed by atoms with Crippen LogP contribution in [0.4, 0.5) is 0 Å². The van der Waals surface area contributed by atoms with Crippen LogP contribution >= 0.6 is 12.6 Å². The quantitative estimate of drug-likeness (QED) is 0.0665. The molecule has 0 fully saturated rings. The summed E-state index contributed by atoms with van der Waals surface area (Å²) in [5, 5.41) is 11.2. The number of nitrogens with one attached hydrogen (secondary N) is 1. The first-order valence-electron chi connectivity index (χ1n) is 17.6. The number of benzene rings is 1. The number of rotatable bonds is 38. The number of carboxylic acid groups (broad SMARTS) is 1. The maximum atomic E-state index is 12.0. The van der Waals surface area contributed by atoms with Gasteiger partial charge < -0.3 is 53.1 Å². The van der Waals surface area contributed by atoms with E-state index in [2.05, 4.69) is 17.9 Å². The van der Waals surface area contributed by atoms with Crippen molar-refractivity contribution in [2.45, 2.75) is 57.8 Å². The van der Waals surface area contributed by atoms with Gasteiger partial charge in [0, 0.05) is 13.2 Å². The predicted molar refractivity (Wildman–Crippen MR) is 189 cm³/mol. The number of carbonyl (C=O) groups excluding carboxylic acids is 1. The first kappa shape index (κ1) is 44.9. The van der Waals surface area contributed by atoms with Gasteiger partial charge in [-0.15, -0.1) is 0 Å². The van der Waals surface area contributed by atoms with Crippen LogP contribution in [0.5, 0.6) is 11.5 Å². The van der Waals surface area contributed by atoms with E-state index < -0.39 is 5.97 Å². The average molecular weight is 720 g/mol. The second-order valence-corrected chi connectivity index (χ2v) is 11.4. The number of carbonyl (C=O) groups is 2. The van der Waals surface area contributed by atoms with Crippen molar-refractivity contribution >= 4 is 24.5 Å². The molecule has 0 aromatic heterocycles. The first-order valence-corrected chi connectivity index (χ1v) is 18.2. The van der Waals surface area contributed by atoms with Gasteiger partial charge in [-0.2, -0.15) is 12.6 Å². The highest BCUT2D eigenvalue weighted by molar-refractivity contribution is 7.80. The van der Waals surface area contributed by atoms with Gasteiger partial charge in [-0.1, -0.05) is 44.9 Å². The fraction of sp³-hybridized carbons (Fsp3) is 0.771. The van der Waals surface area contributed by atoms with Gasteiger partial charge in [0.2, 0.25) is 0 Å². The third kappa shape index (κ3) is 32.8. The average Bonchev–Trinajstić information content (AvgIpc) is 3.10. The van der Waals surface area contributed by atoms with Crippen molar-refractivity contribution in [2.75, 3.05) is 118 Å². The Morgan fingerprint density at radius 1 is 0.490 bits per heavy atom. The number of ether oxygens (including phenoxy) is 9. The summed E-state index contributed by atoms with van der Waals surface area (Å²) in [5.41, 5.74) is 0. The number of amides is 1. The lowest BCUT2D eigenvalue weighted by Gasteiger charge is -2.10. The predicted octanol–water partition coefficient (Wildman–Crippen LogP) is 4.20. The second-order valence-electron chi connectivity index (χ2n) is 11.0. The van der Waals surface area contributed by atoms with E-state index in [0.717, 1.165) is 18.8 Å². The third-order valence-corrected chi connectivity index (χ3v) is 7.11. The number of aliphatic carboxylic acids is 1. The van der Waals surface area contributed by atoms with Crippen LogP contribution in [-0.2, 0) is 42.7 Å². The van der Waals surface area contributed by atoms with E-state index in [1.165, 1.54) is 51.4 Å². The number of hydrogen-bond acceptors (Lipinski definition) is 12. The highest BCUT2D eigenvalue weighted by Crippen LogP contribution is 2.17. The molecule has 49 heavy (non-hydrogen) atoms. The second kappa shape index (κ2) is 35.6. The minimum atomic E-state index is -1.01. The molecule has 0 atom stereocenters. The van der Waals surface area contributed by atoms with E-state index in [1.807, 2.05) is 0 Å². The monoisotopic (exact) mass is 719 g/mol. The zero-order valence-corrected chi connectivity index (χ0v) is 30.2. The molecule has 1 aromatic carbocycles. The lowest BCUT2D eigenvalue weighted by Crippen LogP contribution is -2.31. The number of unbranched alkanes of at least 4 members (excludes halogenated alkanes) is 8. The van der Waals surface area contributed by atoms with E-state index in [-0.39, 0.29) is 25.7 Å². The standard InChI is InChI=1S/C35H61NO12S/c37-34(36-14-16-41-18-20-43-21-22-44-25-26-46-31-35(38)39)30-48-33-12-10-32(11-13-33)47-28-27-45-24-23-42-19-17-40-15-8-6-4-2-1-3-5-7-9-29-49/h10-13,49H,1-9,14-31H2,(H,36,37)(H,38,39). The summed E-state index contributed by atoms with van der Waals surface area (Å²) in [6.45, 7) is 6.22. The Balaban J connectivity index is 1.83. The van der Waals surface area contributed by atoms with E-state index in [1.54, 1.807) is 24.3 Å². The fourth-order valence-corrected chi connectivity index (χ4v) is 4.45. The number of carboxylic acids is 1. The summed E-state index contributed by atoms with van der Waals surface area (Å²) < 4.78 is 48.8. The molecular formula is C35H61NO12S. The Hall–Kier alpha value is -2.17. The fourth-order valence-electron chi connectivity index (χ4n) is 4.23. The molecule has 13 nitrogen and oxygen atoms in total. The Labute approximate surface area is 298 Å². The summed E-state index contributed by atoms with van der Waals surface area (Å²) >= 11 is 4.25. The largest absolute Gasteiger partial charge is 0.491 e. The molecule has 0 aliphatic rings. The molecule has 1 rings (SSSR count). The van der Waals surface area contributed by atoms with Crippen molar-refractivity contribution < 1.29 is 57.3 Å². The van der Waals surface area contributed by atoms with Crippen molar-refractivity contribution in [3.05, 3.63) is 24.3 Å². The molecule has 0 bridgehead atoms. The minimum absolute atomic E-state index is 0.107. The van der Waals surface area contributed by atoms with Gasteiger partial charge in [-0.25, -0.2) is 4.79 Å². The molecule has 0 heterocycles. The highest BCUT2D eigenvalue weighted by Gasteiger charge is 2.04. The molecule has 0 saturated heterocycles. The molecule has 1 aromatic rings. The maximum Gasteiger partial charge on any atom is 0.329 e. The Morgan fingerprint density at radius 3 is 1.41 bits per heavy atom. The van der Waals surface area contributed by atoms with Crippen LogP contribution < -0.4 is 14.8 Å². The normalized spacial score (nSPS) is 11.1. The molecule has 0 spiro atoms. The van der Waals surface area contributed by atoms with Crippen molar-refractivity contribution in [3.8, 4) is 11.5 Å². The SMILES string of the molecule is O=C(O)COCCOCCOCCOCCNC(=O)COc1ccc(OCCOCCOCCOCCCCCCCCCCCS)cc1.